The van der Waals surface area contributed by atoms with Gasteiger partial charge < -0.3 is 14.8 Å². The highest BCUT2D eigenvalue weighted by Gasteiger charge is 2.34. The van der Waals surface area contributed by atoms with Gasteiger partial charge in [0.25, 0.3) is 0 Å². The molecule has 2 fully saturated rings. The number of hydrogen-bond donors (Lipinski definition) is 1. The molecule has 2 aliphatic heterocycles. The fourth-order valence-electron chi connectivity index (χ4n) is 2.79. The molecule has 2 saturated heterocycles. The van der Waals surface area contributed by atoms with Crippen LogP contribution >= 0.6 is 0 Å². The summed E-state index contributed by atoms with van der Waals surface area (Å²) >= 11 is 0. The minimum atomic E-state index is -0.0814. The van der Waals surface area contributed by atoms with Crippen LogP contribution in [0.5, 0.6) is 0 Å². The molecule has 0 bridgehead atoms. The minimum Gasteiger partial charge on any atom is -0.353 e. The number of nitrogens with one attached hydrogen (secondary N) is 1. The third-order valence-electron chi connectivity index (χ3n) is 4.28. The molecule has 1 amide bonds. The van der Waals surface area contributed by atoms with E-state index in [1.807, 2.05) is 13.8 Å². The zero-order valence-corrected chi connectivity index (χ0v) is 12.2. The van der Waals surface area contributed by atoms with Gasteiger partial charge in [-0.2, -0.15) is 0 Å². The number of nitrogens with zero attached hydrogens (tertiary/aromatic N) is 1. The lowest BCUT2D eigenvalue weighted by Crippen LogP contribution is -2.63. The van der Waals surface area contributed by atoms with Crippen LogP contribution in [0.25, 0.3) is 0 Å². The van der Waals surface area contributed by atoms with Gasteiger partial charge in [-0.1, -0.05) is 0 Å². The van der Waals surface area contributed by atoms with E-state index in [0.717, 1.165) is 26.0 Å². The van der Waals surface area contributed by atoms with Crippen molar-refractivity contribution < 1.29 is 14.3 Å². The van der Waals surface area contributed by atoms with Gasteiger partial charge in [0.1, 0.15) is 0 Å². The lowest BCUT2D eigenvalue weighted by Gasteiger charge is -2.42. The first-order chi connectivity index (χ1) is 9.09. The van der Waals surface area contributed by atoms with E-state index in [1.54, 1.807) is 0 Å². The van der Waals surface area contributed by atoms with Crippen LogP contribution in [-0.4, -0.2) is 55.0 Å². The normalized spacial score (nSPS) is 37.1. The van der Waals surface area contributed by atoms with Crippen LogP contribution in [0, 0.1) is 0 Å². The van der Waals surface area contributed by atoms with E-state index >= 15 is 0 Å². The maximum atomic E-state index is 11.8. The number of carbonyl (C=O) groups is 1. The molecule has 0 aliphatic carbocycles. The Labute approximate surface area is 115 Å². The molecule has 5 heteroatoms. The number of rotatable bonds is 4. The smallest absolute Gasteiger partial charge is 0.237 e. The summed E-state index contributed by atoms with van der Waals surface area (Å²) in [6.07, 6.45) is 3.26. The molecule has 5 nitrogen and oxygen atoms in total. The van der Waals surface area contributed by atoms with Crippen molar-refractivity contribution in [1.29, 1.82) is 0 Å². The topological polar surface area (TPSA) is 50.8 Å². The lowest BCUT2D eigenvalue weighted by atomic mass is 10.0. The highest BCUT2D eigenvalue weighted by atomic mass is 16.7. The van der Waals surface area contributed by atoms with Crippen LogP contribution in [0.2, 0.25) is 0 Å². The Morgan fingerprint density at radius 3 is 2.84 bits per heavy atom. The maximum Gasteiger partial charge on any atom is 0.237 e. The van der Waals surface area contributed by atoms with E-state index in [4.69, 9.17) is 9.47 Å². The van der Waals surface area contributed by atoms with Gasteiger partial charge in [-0.25, -0.2) is 0 Å². The summed E-state index contributed by atoms with van der Waals surface area (Å²) in [6.45, 7) is 8.36. The average Bonchev–Trinajstić information content (AvgIpc) is 2.42. The highest BCUT2D eigenvalue weighted by molar-refractivity contribution is 5.82. The van der Waals surface area contributed by atoms with Crippen molar-refractivity contribution in [1.82, 2.24) is 10.2 Å². The van der Waals surface area contributed by atoms with Crippen LogP contribution < -0.4 is 5.32 Å². The first-order valence-corrected chi connectivity index (χ1v) is 7.39. The monoisotopic (exact) mass is 270 g/mol. The van der Waals surface area contributed by atoms with Crippen molar-refractivity contribution in [2.24, 2.45) is 0 Å². The molecular formula is C14H26N2O3. The molecule has 1 N–H and O–H groups in total. The van der Waals surface area contributed by atoms with Gasteiger partial charge in [0.15, 0.2) is 6.29 Å². The fraction of sp³-hybridized carbons (Fsp3) is 0.929. The van der Waals surface area contributed by atoms with Gasteiger partial charge in [-0.3, -0.25) is 9.69 Å². The molecule has 4 unspecified atom stereocenters. The summed E-state index contributed by atoms with van der Waals surface area (Å²) in [5.74, 6) is 0.111. The van der Waals surface area contributed by atoms with Crippen molar-refractivity contribution >= 4 is 5.91 Å². The SMILES string of the molecule is CC1NC(=O)C(C)N(CCOC2CCCCO2)C1C. The molecule has 0 aromatic carbocycles. The molecule has 19 heavy (non-hydrogen) atoms. The predicted octanol–water partition coefficient (Wildman–Crippen LogP) is 1.13. The van der Waals surface area contributed by atoms with Crippen LogP contribution in [-0.2, 0) is 14.3 Å². The first kappa shape index (κ1) is 14.8. The Morgan fingerprint density at radius 1 is 1.37 bits per heavy atom. The standard InChI is InChI=1S/C14H26N2O3/c1-10-11(2)16(12(3)14(17)15-10)7-9-19-13-6-4-5-8-18-13/h10-13H,4-9H2,1-3H3,(H,15,17). The summed E-state index contributed by atoms with van der Waals surface area (Å²) in [5, 5.41) is 3.00. The highest BCUT2D eigenvalue weighted by Crippen LogP contribution is 2.17. The Bertz CT molecular complexity index is 305. The van der Waals surface area contributed by atoms with Crippen molar-refractivity contribution in [2.45, 2.75) is 64.4 Å². The van der Waals surface area contributed by atoms with Crippen LogP contribution in [0.3, 0.4) is 0 Å². The molecular weight excluding hydrogens is 244 g/mol. The van der Waals surface area contributed by atoms with Crippen LogP contribution in [0.1, 0.15) is 40.0 Å². The molecule has 2 aliphatic rings. The zero-order chi connectivity index (χ0) is 13.8. The zero-order valence-electron chi connectivity index (χ0n) is 12.2. The Balaban J connectivity index is 1.78. The van der Waals surface area contributed by atoms with Gasteiger partial charge in [0.05, 0.1) is 12.6 Å². The molecule has 110 valence electrons. The van der Waals surface area contributed by atoms with Crippen molar-refractivity contribution in [3.63, 3.8) is 0 Å². The van der Waals surface area contributed by atoms with E-state index in [2.05, 4.69) is 17.1 Å². The van der Waals surface area contributed by atoms with Crippen molar-refractivity contribution in [3.05, 3.63) is 0 Å². The second-order valence-corrected chi connectivity index (χ2v) is 5.62. The molecule has 0 aromatic heterocycles. The number of hydrogen-bond acceptors (Lipinski definition) is 4. The van der Waals surface area contributed by atoms with Crippen molar-refractivity contribution in [2.75, 3.05) is 19.8 Å². The third kappa shape index (κ3) is 3.68. The summed E-state index contributed by atoms with van der Waals surface area (Å²) in [7, 11) is 0. The van der Waals surface area contributed by atoms with E-state index in [-0.39, 0.29) is 24.3 Å². The fourth-order valence-corrected chi connectivity index (χ4v) is 2.79. The predicted molar refractivity (Wildman–Crippen MR) is 72.8 cm³/mol. The van der Waals surface area contributed by atoms with Gasteiger partial charge in [-0.15, -0.1) is 0 Å². The van der Waals surface area contributed by atoms with Gasteiger partial charge >= 0.3 is 0 Å². The van der Waals surface area contributed by atoms with E-state index < -0.39 is 0 Å². The minimum absolute atomic E-state index is 0.0459. The maximum absolute atomic E-state index is 11.8. The third-order valence-corrected chi connectivity index (χ3v) is 4.28. The summed E-state index contributed by atoms with van der Waals surface area (Å²) in [4.78, 5) is 14.0. The molecule has 0 aromatic rings. The largest absolute Gasteiger partial charge is 0.353 e. The second kappa shape index (κ2) is 6.68. The molecule has 2 rings (SSSR count). The van der Waals surface area contributed by atoms with E-state index in [0.29, 0.717) is 12.6 Å². The molecule has 0 saturated carbocycles. The number of ether oxygens (including phenoxy) is 2. The first-order valence-electron chi connectivity index (χ1n) is 7.39. The Hall–Kier alpha value is -0.650. The average molecular weight is 270 g/mol. The lowest BCUT2D eigenvalue weighted by molar-refractivity contribution is -0.167. The summed E-state index contributed by atoms with van der Waals surface area (Å²) in [6, 6.07) is 0.445. The van der Waals surface area contributed by atoms with Gasteiger partial charge in [0, 0.05) is 25.2 Å². The van der Waals surface area contributed by atoms with Crippen molar-refractivity contribution in [3.8, 4) is 0 Å². The molecule has 0 spiro atoms. The van der Waals surface area contributed by atoms with Crippen LogP contribution in [0.4, 0.5) is 0 Å². The van der Waals surface area contributed by atoms with E-state index in [1.165, 1.54) is 6.42 Å². The second-order valence-electron chi connectivity index (χ2n) is 5.62. The molecule has 0 radical (unpaired) electrons. The van der Waals surface area contributed by atoms with Crippen LogP contribution in [0.15, 0.2) is 0 Å². The number of piperazine rings is 1. The Morgan fingerprint density at radius 2 is 2.16 bits per heavy atom. The summed E-state index contributed by atoms with van der Waals surface area (Å²) < 4.78 is 11.3. The van der Waals surface area contributed by atoms with E-state index in [9.17, 15) is 4.79 Å². The quantitative estimate of drug-likeness (QED) is 0.832. The summed E-state index contributed by atoms with van der Waals surface area (Å²) in [5.41, 5.74) is 0. The number of amides is 1. The van der Waals surface area contributed by atoms with Gasteiger partial charge in [-0.05, 0) is 40.0 Å². The van der Waals surface area contributed by atoms with Gasteiger partial charge in [0.2, 0.25) is 5.91 Å². The number of carbonyl (C=O) groups excluding carboxylic acids is 1. The molecule has 4 atom stereocenters. The molecule has 2 heterocycles. The Kier molecular flexibility index (Phi) is 5.19.